The van der Waals surface area contributed by atoms with E-state index in [9.17, 15) is 4.79 Å². The SMILES string of the molecule is Cc1ccc(N)cc1NC(=O)CN1CCC(CO)C1. The van der Waals surface area contributed by atoms with E-state index in [0.29, 0.717) is 18.2 Å². The molecular weight excluding hydrogens is 242 g/mol. The van der Waals surface area contributed by atoms with Crippen molar-refractivity contribution in [3.8, 4) is 0 Å². The molecule has 1 aliphatic heterocycles. The highest BCUT2D eigenvalue weighted by molar-refractivity contribution is 5.93. The molecule has 5 nitrogen and oxygen atoms in total. The standard InChI is InChI=1S/C14H21N3O2/c1-10-2-3-12(15)6-13(10)16-14(19)8-17-5-4-11(7-17)9-18/h2-3,6,11,18H,4-5,7-9,15H2,1H3,(H,16,19). The van der Waals surface area contributed by atoms with Gasteiger partial charge in [-0.05, 0) is 43.5 Å². The molecule has 1 aromatic rings. The molecule has 1 fully saturated rings. The minimum atomic E-state index is -0.0349. The molecule has 19 heavy (non-hydrogen) atoms. The van der Waals surface area contributed by atoms with Crippen LogP contribution >= 0.6 is 0 Å². The summed E-state index contributed by atoms with van der Waals surface area (Å²) < 4.78 is 0. The average Bonchev–Trinajstić information content (AvgIpc) is 2.81. The van der Waals surface area contributed by atoms with Crippen LogP contribution in [0.15, 0.2) is 18.2 Å². The fourth-order valence-corrected chi connectivity index (χ4v) is 2.37. The monoisotopic (exact) mass is 263 g/mol. The molecule has 0 spiro atoms. The van der Waals surface area contributed by atoms with E-state index in [-0.39, 0.29) is 12.5 Å². The minimum Gasteiger partial charge on any atom is -0.399 e. The lowest BCUT2D eigenvalue weighted by molar-refractivity contribution is -0.117. The summed E-state index contributed by atoms with van der Waals surface area (Å²) in [7, 11) is 0. The predicted octanol–water partition coefficient (Wildman–Crippen LogP) is 0.830. The lowest BCUT2D eigenvalue weighted by Gasteiger charge is -2.16. The molecule has 1 saturated heterocycles. The number of rotatable bonds is 4. The third-order valence-corrected chi connectivity index (χ3v) is 3.53. The number of nitrogens with one attached hydrogen (secondary N) is 1. The molecule has 5 heteroatoms. The van der Waals surface area contributed by atoms with Gasteiger partial charge in [-0.3, -0.25) is 9.69 Å². The summed E-state index contributed by atoms with van der Waals surface area (Å²) in [6.07, 6.45) is 0.959. The normalized spacial score (nSPS) is 19.6. The van der Waals surface area contributed by atoms with Crippen molar-refractivity contribution in [1.29, 1.82) is 0 Å². The summed E-state index contributed by atoms with van der Waals surface area (Å²) in [5.41, 5.74) is 8.12. The van der Waals surface area contributed by atoms with Crippen LogP contribution in [0.3, 0.4) is 0 Å². The Morgan fingerprint density at radius 1 is 1.58 bits per heavy atom. The number of nitrogens with two attached hydrogens (primary N) is 1. The van der Waals surface area contributed by atoms with Crippen molar-refractivity contribution in [2.45, 2.75) is 13.3 Å². The highest BCUT2D eigenvalue weighted by Crippen LogP contribution is 2.19. The molecule has 1 aromatic carbocycles. The van der Waals surface area contributed by atoms with Gasteiger partial charge < -0.3 is 16.2 Å². The van der Waals surface area contributed by atoms with Gasteiger partial charge in [-0.1, -0.05) is 6.07 Å². The number of benzene rings is 1. The second-order valence-electron chi connectivity index (χ2n) is 5.19. The molecule has 0 aliphatic carbocycles. The Labute approximate surface area is 113 Å². The first-order chi connectivity index (χ1) is 9.08. The molecule has 1 unspecified atom stereocenters. The van der Waals surface area contributed by atoms with Crippen LogP contribution in [-0.4, -0.2) is 42.2 Å². The number of amides is 1. The molecule has 1 amide bonds. The van der Waals surface area contributed by atoms with Gasteiger partial charge in [0.1, 0.15) is 0 Å². The van der Waals surface area contributed by atoms with Gasteiger partial charge in [0.2, 0.25) is 5.91 Å². The lowest BCUT2D eigenvalue weighted by Crippen LogP contribution is -2.32. The number of carbonyl (C=O) groups excluding carboxylic acids is 1. The van der Waals surface area contributed by atoms with Crippen LogP contribution in [0.2, 0.25) is 0 Å². The Morgan fingerprint density at radius 3 is 3.05 bits per heavy atom. The zero-order valence-corrected chi connectivity index (χ0v) is 11.2. The van der Waals surface area contributed by atoms with E-state index in [4.69, 9.17) is 10.8 Å². The maximum Gasteiger partial charge on any atom is 0.238 e. The number of nitrogen functional groups attached to an aromatic ring is 1. The Kier molecular flexibility index (Phi) is 4.39. The van der Waals surface area contributed by atoms with Gasteiger partial charge in [0.15, 0.2) is 0 Å². The van der Waals surface area contributed by atoms with E-state index in [1.807, 2.05) is 19.1 Å². The van der Waals surface area contributed by atoms with Crippen molar-refractivity contribution >= 4 is 17.3 Å². The van der Waals surface area contributed by atoms with Crippen LogP contribution in [0.4, 0.5) is 11.4 Å². The molecule has 0 saturated carbocycles. The molecule has 0 bridgehead atoms. The molecular formula is C14H21N3O2. The van der Waals surface area contributed by atoms with Gasteiger partial charge in [0.25, 0.3) is 0 Å². The smallest absolute Gasteiger partial charge is 0.238 e. The number of anilines is 2. The summed E-state index contributed by atoms with van der Waals surface area (Å²) in [5.74, 6) is 0.272. The number of likely N-dealkylation sites (tertiary alicyclic amines) is 1. The number of aryl methyl sites for hydroxylation is 1. The first-order valence-corrected chi connectivity index (χ1v) is 6.57. The molecule has 1 aliphatic rings. The van der Waals surface area contributed by atoms with Crippen LogP contribution in [0.25, 0.3) is 0 Å². The van der Waals surface area contributed by atoms with Crippen molar-refractivity contribution in [2.75, 3.05) is 37.3 Å². The van der Waals surface area contributed by atoms with Crippen molar-refractivity contribution < 1.29 is 9.90 Å². The minimum absolute atomic E-state index is 0.0349. The predicted molar refractivity (Wildman–Crippen MR) is 75.9 cm³/mol. The summed E-state index contributed by atoms with van der Waals surface area (Å²) in [5, 5.41) is 12.0. The highest BCUT2D eigenvalue weighted by Gasteiger charge is 2.23. The maximum absolute atomic E-state index is 12.0. The van der Waals surface area contributed by atoms with Gasteiger partial charge in [0.05, 0.1) is 6.54 Å². The van der Waals surface area contributed by atoms with Crippen LogP contribution in [0, 0.1) is 12.8 Å². The molecule has 104 valence electrons. The Balaban J connectivity index is 1.89. The number of nitrogens with zero attached hydrogens (tertiary/aromatic N) is 1. The van der Waals surface area contributed by atoms with Crippen LogP contribution in [0.5, 0.6) is 0 Å². The van der Waals surface area contributed by atoms with Gasteiger partial charge in [-0.15, -0.1) is 0 Å². The number of hydrogen-bond donors (Lipinski definition) is 3. The van der Waals surface area contributed by atoms with Crippen LogP contribution in [0.1, 0.15) is 12.0 Å². The third kappa shape index (κ3) is 3.68. The van der Waals surface area contributed by atoms with E-state index < -0.39 is 0 Å². The number of aliphatic hydroxyl groups excluding tert-OH is 1. The number of aliphatic hydroxyl groups is 1. The third-order valence-electron chi connectivity index (χ3n) is 3.53. The van der Waals surface area contributed by atoms with Gasteiger partial charge in [0, 0.05) is 24.5 Å². The van der Waals surface area contributed by atoms with Crippen molar-refractivity contribution in [3.05, 3.63) is 23.8 Å². The van der Waals surface area contributed by atoms with Gasteiger partial charge in [-0.2, -0.15) is 0 Å². The van der Waals surface area contributed by atoms with Crippen LogP contribution < -0.4 is 11.1 Å². The Hall–Kier alpha value is -1.59. The first kappa shape index (κ1) is 13.8. The maximum atomic E-state index is 12.0. The van der Waals surface area contributed by atoms with Crippen molar-refractivity contribution in [3.63, 3.8) is 0 Å². The fourth-order valence-electron chi connectivity index (χ4n) is 2.37. The summed E-state index contributed by atoms with van der Waals surface area (Å²) in [6, 6.07) is 5.48. The molecule has 1 atom stereocenters. The largest absolute Gasteiger partial charge is 0.399 e. The fraction of sp³-hybridized carbons (Fsp3) is 0.500. The highest BCUT2D eigenvalue weighted by atomic mass is 16.3. The zero-order chi connectivity index (χ0) is 13.8. The molecule has 0 aromatic heterocycles. The average molecular weight is 263 g/mol. The zero-order valence-electron chi connectivity index (χ0n) is 11.2. The molecule has 4 N–H and O–H groups in total. The van der Waals surface area contributed by atoms with E-state index in [0.717, 1.165) is 30.8 Å². The topological polar surface area (TPSA) is 78.6 Å². The van der Waals surface area contributed by atoms with Crippen molar-refractivity contribution in [2.24, 2.45) is 5.92 Å². The van der Waals surface area contributed by atoms with Gasteiger partial charge >= 0.3 is 0 Å². The quantitative estimate of drug-likeness (QED) is 0.703. The van der Waals surface area contributed by atoms with E-state index in [1.165, 1.54) is 0 Å². The summed E-state index contributed by atoms with van der Waals surface area (Å²) in [4.78, 5) is 14.0. The number of hydrogen-bond acceptors (Lipinski definition) is 4. The van der Waals surface area contributed by atoms with Crippen LogP contribution in [-0.2, 0) is 4.79 Å². The van der Waals surface area contributed by atoms with E-state index in [1.54, 1.807) is 6.07 Å². The molecule has 1 heterocycles. The van der Waals surface area contributed by atoms with Gasteiger partial charge in [-0.25, -0.2) is 0 Å². The molecule has 2 rings (SSSR count). The van der Waals surface area contributed by atoms with E-state index >= 15 is 0 Å². The Morgan fingerprint density at radius 2 is 2.37 bits per heavy atom. The lowest BCUT2D eigenvalue weighted by atomic mass is 10.1. The summed E-state index contributed by atoms with van der Waals surface area (Å²) in [6.45, 7) is 4.16. The van der Waals surface area contributed by atoms with Crippen molar-refractivity contribution in [1.82, 2.24) is 4.90 Å². The van der Waals surface area contributed by atoms with E-state index in [2.05, 4.69) is 10.2 Å². The second-order valence-corrected chi connectivity index (χ2v) is 5.19. The Bertz CT molecular complexity index is 462. The number of carbonyl (C=O) groups is 1. The second kappa shape index (κ2) is 6.04. The summed E-state index contributed by atoms with van der Waals surface area (Å²) >= 11 is 0. The molecule has 0 radical (unpaired) electrons. The first-order valence-electron chi connectivity index (χ1n) is 6.57.